The summed E-state index contributed by atoms with van der Waals surface area (Å²) in [7, 11) is -3.58. The predicted molar refractivity (Wildman–Crippen MR) is 28.0 cm³/mol. The highest BCUT2D eigenvalue weighted by molar-refractivity contribution is 7.34. The smallest absolute Gasteiger partial charge is 0.362 e. The molecule has 58 valence electrons. The number of rotatable bonds is 3. The molecule has 7 heteroatoms. The molecule has 3 N–H and O–H groups in total. The Morgan fingerprint density at radius 3 is 1.90 bits per heavy atom. The van der Waals surface area contributed by atoms with E-state index in [2.05, 4.69) is 0 Å². The van der Waals surface area contributed by atoms with Gasteiger partial charge in [0.1, 0.15) is 0 Å². The van der Waals surface area contributed by atoms with Crippen molar-refractivity contribution in [3.63, 3.8) is 0 Å². The Bertz CT molecular complexity index is 199. The third-order valence-corrected chi connectivity index (χ3v) is 1.80. The number of aliphatic hydroxyl groups is 2. The van der Waals surface area contributed by atoms with Gasteiger partial charge in [0.25, 0.3) is 5.34 Å². The van der Waals surface area contributed by atoms with Gasteiger partial charge in [-0.25, -0.2) is 13.9 Å². The van der Waals surface area contributed by atoms with Crippen LogP contribution in [-0.4, -0.2) is 33.2 Å². The highest BCUT2D eigenvalue weighted by Gasteiger charge is 2.42. The Morgan fingerprint density at radius 2 is 1.90 bits per heavy atom. The van der Waals surface area contributed by atoms with Crippen LogP contribution in [0.25, 0.3) is 0 Å². The van der Waals surface area contributed by atoms with E-state index in [0.717, 1.165) is 0 Å². The van der Waals surface area contributed by atoms with E-state index in [9.17, 15) is 13.9 Å². The number of carboxylic acid groups (broad SMARTS) is 1. The first-order valence-electron chi connectivity index (χ1n) is 2.16. The van der Waals surface area contributed by atoms with E-state index < -0.39 is 25.6 Å². The topological polar surface area (TPSA) is 112 Å². The van der Waals surface area contributed by atoms with Gasteiger partial charge in [0, 0.05) is 0 Å². The van der Waals surface area contributed by atoms with Gasteiger partial charge in [-0.15, -0.1) is 0 Å². The average molecular weight is 168 g/mol. The second kappa shape index (κ2) is 2.92. The maximum absolute atomic E-state index is 9.94. The first-order chi connectivity index (χ1) is 4.45. The highest BCUT2D eigenvalue weighted by Crippen LogP contribution is 2.25. The van der Waals surface area contributed by atoms with E-state index in [1.54, 1.807) is 0 Å². The Hall–Kier alpha value is -0.710. The monoisotopic (exact) mass is 168 g/mol. The van der Waals surface area contributed by atoms with Crippen molar-refractivity contribution in [1.82, 2.24) is 0 Å². The molecule has 0 aromatic heterocycles. The van der Waals surface area contributed by atoms with Crippen LogP contribution in [0.2, 0.25) is 0 Å². The summed E-state index contributed by atoms with van der Waals surface area (Å²) in [4.78, 5) is 9.90. The van der Waals surface area contributed by atoms with E-state index in [-0.39, 0.29) is 0 Å². The molecule has 0 saturated heterocycles. The highest BCUT2D eigenvalue weighted by atomic mass is 31.1. The molecule has 0 heterocycles. The standard InChI is InChI=1S/C3H5O6P/c4-1-3(7,2(5)6)10(8)9/h4,7H,1H2,(H,5,6). The van der Waals surface area contributed by atoms with Gasteiger partial charge in [-0.3, -0.25) is 0 Å². The van der Waals surface area contributed by atoms with Crippen LogP contribution < -0.4 is 0 Å². The fraction of sp³-hybridized carbons (Fsp3) is 0.667. The minimum atomic E-state index is -3.58. The number of carbonyl (C=O) groups is 1. The van der Waals surface area contributed by atoms with E-state index in [1.807, 2.05) is 0 Å². The summed E-state index contributed by atoms with van der Waals surface area (Å²) in [5, 5.41) is 21.6. The molecular formula is C3H5O6P. The average Bonchev–Trinajstić information content (AvgIpc) is 1.85. The van der Waals surface area contributed by atoms with E-state index in [4.69, 9.17) is 15.3 Å². The SMILES string of the molecule is O=C(O)C(O)(CO)P(=O)=O. The van der Waals surface area contributed by atoms with Gasteiger partial charge in [0.05, 0.1) is 6.61 Å². The van der Waals surface area contributed by atoms with Crippen LogP contribution >= 0.6 is 7.68 Å². The van der Waals surface area contributed by atoms with Crippen LogP contribution in [0.5, 0.6) is 0 Å². The molecule has 0 aliphatic heterocycles. The molecule has 10 heavy (non-hydrogen) atoms. The molecule has 0 bridgehead atoms. The molecule has 0 spiro atoms. The van der Waals surface area contributed by atoms with Crippen molar-refractivity contribution in [2.45, 2.75) is 5.34 Å². The van der Waals surface area contributed by atoms with Crippen molar-refractivity contribution in [3.8, 4) is 0 Å². The maximum Gasteiger partial charge on any atom is 0.362 e. The van der Waals surface area contributed by atoms with Gasteiger partial charge in [-0.1, -0.05) is 0 Å². The van der Waals surface area contributed by atoms with Crippen LogP contribution in [0.3, 0.4) is 0 Å². The van der Waals surface area contributed by atoms with Gasteiger partial charge in [-0.2, -0.15) is 0 Å². The molecule has 0 rings (SSSR count). The minimum absolute atomic E-state index is 1.35. The van der Waals surface area contributed by atoms with Crippen molar-refractivity contribution in [2.75, 3.05) is 6.61 Å². The Balaban J connectivity index is 4.73. The summed E-state index contributed by atoms with van der Waals surface area (Å²) in [6.45, 7) is -1.35. The summed E-state index contributed by atoms with van der Waals surface area (Å²) >= 11 is 0. The first-order valence-corrected chi connectivity index (χ1v) is 3.34. The van der Waals surface area contributed by atoms with Gasteiger partial charge < -0.3 is 15.3 Å². The van der Waals surface area contributed by atoms with Crippen LogP contribution in [-0.2, 0) is 13.9 Å². The molecular weight excluding hydrogens is 163 g/mol. The summed E-state index contributed by atoms with van der Waals surface area (Å²) in [6.07, 6.45) is 0. The van der Waals surface area contributed by atoms with Crippen molar-refractivity contribution < 1.29 is 29.2 Å². The molecule has 0 saturated carbocycles. The molecule has 0 radical (unpaired) electrons. The lowest BCUT2D eigenvalue weighted by Gasteiger charge is -2.08. The molecule has 1 atom stereocenters. The van der Waals surface area contributed by atoms with Crippen molar-refractivity contribution in [2.24, 2.45) is 0 Å². The zero-order valence-electron chi connectivity index (χ0n) is 4.72. The molecule has 0 amide bonds. The van der Waals surface area contributed by atoms with Gasteiger partial charge in [-0.05, 0) is 0 Å². The molecule has 0 aliphatic carbocycles. The lowest BCUT2D eigenvalue weighted by atomic mass is 10.4. The Labute approximate surface area is 55.9 Å². The maximum atomic E-state index is 9.94. The molecule has 1 unspecified atom stereocenters. The predicted octanol–water partition coefficient (Wildman–Crippen LogP) is -1.08. The quantitative estimate of drug-likeness (QED) is 0.462. The lowest BCUT2D eigenvalue weighted by Crippen LogP contribution is -2.36. The Morgan fingerprint density at radius 1 is 1.50 bits per heavy atom. The van der Waals surface area contributed by atoms with Gasteiger partial charge in [0.2, 0.25) is 0 Å². The number of hydrogen-bond donors (Lipinski definition) is 3. The molecule has 0 fully saturated rings. The minimum Gasteiger partial charge on any atom is -0.478 e. The fourth-order valence-corrected chi connectivity index (χ4v) is 0.475. The van der Waals surface area contributed by atoms with Crippen molar-refractivity contribution in [1.29, 1.82) is 0 Å². The van der Waals surface area contributed by atoms with Crippen LogP contribution in [0.15, 0.2) is 0 Å². The summed E-state index contributed by atoms with van der Waals surface area (Å²) < 4.78 is 19.9. The summed E-state index contributed by atoms with van der Waals surface area (Å²) in [5.74, 6) is -1.98. The first kappa shape index (κ1) is 9.29. The summed E-state index contributed by atoms with van der Waals surface area (Å²) in [5.41, 5.74) is 0. The van der Waals surface area contributed by atoms with Gasteiger partial charge >= 0.3 is 13.6 Å². The Kier molecular flexibility index (Phi) is 2.71. The zero-order valence-corrected chi connectivity index (χ0v) is 5.62. The fourth-order valence-electron chi connectivity index (χ4n) is 0.203. The zero-order chi connectivity index (χ0) is 8.36. The number of hydrogen-bond acceptors (Lipinski definition) is 5. The van der Waals surface area contributed by atoms with Gasteiger partial charge in [0.15, 0.2) is 0 Å². The van der Waals surface area contributed by atoms with Crippen LogP contribution in [0, 0.1) is 0 Å². The molecule has 6 nitrogen and oxygen atoms in total. The van der Waals surface area contributed by atoms with Crippen LogP contribution in [0.1, 0.15) is 0 Å². The van der Waals surface area contributed by atoms with Crippen molar-refractivity contribution in [3.05, 3.63) is 0 Å². The van der Waals surface area contributed by atoms with E-state index >= 15 is 0 Å². The van der Waals surface area contributed by atoms with E-state index in [0.29, 0.717) is 0 Å². The van der Waals surface area contributed by atoms with Crippen LogP contribution in [0.4, 0.5) is 0 Å². The number of carboxylic acids is 1. The van der Waals surface area contributed by atoms with Crippen molar-refractivity contribution >= 4 is 13.6 Å². The summed E-state index contributed by atoms with van der Waals surface area (Å²) in [6, 6.07) is 0. The second-order valence-corrected chi connectivity index (χ2v) is 2.79. The number of aliphatic carboxylic acids is 1. The third-order valence-electron chi connectivity index (χ3n) is 0.865. The second-order valence-electron chi connectivity index (χ2n) is 1.54. The molecule has 0 aromatic carbocycles. The largest absolute Gasteiger partial charge is 0.478 e. The molecule has 0 aromatic rings. The normalized spacial score (nSPS) is 15.8. The molecule has 0 aliphatic rings. The van der Waals surface area contributed by atoms with E-state index in [1.165, 1.54) is 0 Å². The third kappa shape index (κ3) is 1.41. The lowest BCUT2D eigenvalue weighted by molar-refractivity contribution is -0.152. The number of aliphatic hydroxyl groups excluding tert-OH is 1.